The molecule has 0 saturated carbocycles. The van der Waals surface area contributed by atoms with Crippen LogP contribution in [0.3, 0.4) is 0 Å². The van der Waals surface area contributed by atoms with Crippen molar-refractivity contribution in [1.29, 1.82) is 0 Å². The van der Waals surface area contributed by atoms with Crippen LogP contribution < -0.4 is 5.32 Å². The van der Waals surface area contributed by atoms with Gasteiger partial charge in [0, 0.05) is 10.0 Å². The fraction of sp³-hybridized carbons (Fsp3) is 0.0588. The summed E-state index contributed by atoms with van der Waals surface area (Å²) in [6.45, 7) is 0.219. The van der Waals surface area contributed by atoms with Crippen molar-refractivity contribution in [3.63, 3.8) is 0 Å². The van der Waals surface area contributed by atoms with Crippen LogP contribution in [0.15, 0.2) is 54.2 Å². The number of hydrogen-bond donors (Lipinski definition) is 1. The lowest BCUT2D eigenvalue weighted by molar-refractivity contribution is -0.123. The van der Waals surface area contributed by atoms with E-state index in [4.69, 9.17) is 23.2 Å². The summed E-state index contributed by atoms with van der Waals surface area (Å²) in [7, 11) is 0. The van der Waals surface area contributed by atoms with Gasteiger partial charge in [0.15, 0.2) is 0 Å². The van der Waals surface area contributed by atoms with Crippen LogP contribution in [0.25, 0.3) is 6.08 Å². The highest BCUT2D eigenvalue weighted by Gasteiger charge is 2.33. The maximum absolute atomic E-state index is 12.4. The lowest BCUT2D eigenvalue weighted by Crippen LogP contribution is -2.30. The summed E-state index contributed by atoms with van der Waals surface area (Å²) < 4.78 is 0. The van der Waals surface area contributed by atoms with Gasteiger partial charge < -0.3 is 5.32 Å². The second kappa shape index (κ2) is 6.44. The average molecular weight is 347 g/mol. The van der Waals surface area contributed by atoms with E-state index in [1.54, 1.807) is 24.3 Å². The summed E-state index contributed by atoms with van der Waals surface area (Å²) in [6.07, 6.45) is 1.55. The quantitative estimate of drug-likeness (QED) is 0.672. The maximum atomic E-state index is 12.4. The van der Waals surface area contributed by atoms with Crippen LogP contribution in [-0.2, 0) is 11.3 Å². The number of imide groups is 1. The van der Waals surface area contributed by atoms with Crippen molar-refractivity contribution >= 4 is 41.2 Å². The Morgan fingerprint density at radius 1 is 1.04 bits per heavy atom. The minimum Gasteiger partial charge on any atom is -0.303 e. The van der Waals surface area contributed by atoms with E-state index >= 15 is 0 Å². The molecular formula is C17H12Cl2N2O2. The van der Waals surface area contributed by atoms with E-state index in [2.05, 4.69) is 5.32 Å². The fourth-order valence-corrected chi connectivity index (χ4v) is 2.72. The van der Waals surface area contributed by atoms with Gasteiger partial charge in [0.25, 0.3) is 5.91 Å². The third-order valence-electron chi connectivity index (χ3n) is 3.41. The molecule has 0 radical (unpaired) electrons. The maximum Gasteiger partial charge on any atom is 0.329 e. The zero-order valence-electron chi connectivity index (χ0n) is 11.9. The highest BCUT2D eigenvalue weighted by atomic mass is 35.5. The average Bonchev–Trinajstić information content (AvgIpc) is 2.79. The molecule has 0 aromatic heterocycles. The number of carbonyl (C=O) groups is 2. The summed E-state index contributed by atoms with van der Waals surface area (Å²) in [4.78, 5) is 25.6. The minimum atomic E-state index is -0.449. The number of rotatable bonds is 3. The Bertz CT molecular complexity index is 803. The minimum absolute atomic E-state index is 0.190. The molecule has 1 saturated heterocycles. The highest BCUT2D eigenvalue weighted by Crippen LogP contribution is 2.24. The largest absolute Gasteiger partial charge is 0.329 e. The number of amides is 3. The molecule has 1 aliphatic rings. The van der Waals surface area contributed by atoms with Gasteiger partial charge in [-0.2, -0.15) is 0 Å². The SMILES string of the molecule is O=C1N/C(=C/c2ccc(Cl)cc2Cl)C(=O)N1Cc1ccccc1. The molecule has 0 atom stereocenters. The number of halogens is 2. The van der Waals surface area contributed by atoms with E-state index in [1.165, 1.54) is 0 Å². The first-order valence-corrected chi connectivity index (χ1v) is 7.64. The van der Waals surface area contributed by atoms with Crippen molar-refractivity contribution in [1.82, 2.24) is 10.2 Å². The van der Waals surface area contributed by atoms with Gasteiger partial charge in [0.05, 0.1) is 6.54 Å². The Labute approximate surface area is 143 Å². The molecule has 3 rings (SSSR count). The molecule has 1 heterocycles. The first-order chi connectivity index (χ1) is 11.0. The first kappa shape index (κ1) is 15.6. The van der Waals surface area contributed by atoms with E-state index < -0.39 is 6.03 Å². The summed E-state index contributed by atoms with van der Waals surface area (Å²) in [5, 5.41) is 3.49. The third kappa shape index (κ3) is 3.38. The van der Waals surface area contributed by atoms with Crippen molar-refractivity contribution in [2.75, 3.05) is 0 Å². The van der Waals surface area contributed by atoms with Crippen LogP contribution in [-0.4, -0.2) is 16.8 Å². The second-order valence-electron chi connectivity index (χ2n) is 5.03. The molecule has 0 unspecified atom stereocenters. The summed E-state index contributed by atoms with van der Waals surface area (Å²) in [5.41, 5.74) is 1.68. The van der Waals surface area contributed by atoms with Crippen molar-refractivity contribution in [3.05, 3.63) is 75.4 Å². The molecule has 2 aromatic carbocycles. The van der Waals surface area contributed by atoms with Crippen molar-refractivity contribution < 1.29 is 9.59 Å². The molecule has 1 fully saturated rings. The van der Waals surface area contributed by atoms with E-state index in [0.717, 1.165) is 10.5 Å². The monoisotopic (exact) mass is 346 g/mol. The van der Waals surface area contributed by atoms with Crippen LogP contribution in [0.4, 0.5) is 4.79 Å². The predicted molar refractivity (Wildman–Crippen MR) is 90.0 cm³/mol. The van der Waals surface area contributed by atoms with E-state index in [9.17, 15) is 9.59 Å². The highest BCUT2D eigenvalue weighted by molar-refractivity contribution is 6.35. The van der Waals surface area contributed by atoms with Gasteiger partial charge in [-0.25, -0.2) is 4.79 Å². The van der Waals surface area contributed by atoms with Gasteiger partial charge in [-0.05, 0) is 29.3 Å². The molecule has 3 amide bonds. The zero-order valence-corrected chi connectivity index (χ0v) is 13.4. The lowest BCUT2D eigenvalue weighted by Gasteiger charge is -2.11. The summed E-state index contributed by atoms with van der Waals surface area (Å²) in [5.74, 6) is -0.384. The van der Waals surface area contributed by atoms with Crippen LogP contribution in [0, 0.1) is 0 Å². The van der Waals surface area contributed by atoms with Gasteiger partial charge in [-0.3, -0.25) is 9.69 Å². The molecule has 0 spiro atoms. The molecular weight excluding hydrogens is 335 g/mol. The van der Waals surface area contributed by atoms with Crippen LogP contribution in [0.5, 0.6) is 0 Å². The number of benzene rings is 2. The van der Waals surface area contributed by atoms with E-state index in [1.807, 2.05) is 30.3 Å². The fourth-order valence-electron chi connectivity index (χ4n) is 2.26. The first-order valence-electron chi connectivity index (χ1n) is 6.88. The second-order valence-corrected chi connectivity index (χ2v) is 5.87. The van der Waals surface area contributed by atoms with Gasteiger partial charge >= 0.3 is 6.03 Å². The predicted octanol–water partition coefficient (Wildman–Crippen LogP) is 4.09. The Kier molecular flexibility index (Phi) is 4.37. The van der Waals surface area contributed by atoms with Gasteiger partial charge in [-0.15, -0.1) is 0 Å². The molecule has 0 bridgehead atoms. The third-order valence-corrected chi connectivity index (χ3v) is 3.97. The smallest absolute Gasteiger partial charge is 0.303 e. The lowest BCUT2D eigenvalue weighted by atomic mass is 10.2. The topological polar surface area (TPSA) is 49.4 Å². The number of urea groups is 1. The Hall–Kier alpha value is -2.30. The molecule has 2 aromatic rings. The van der Waals surface area contributed by atoms with E-state index in [0.29, 0.717) is 15.6 Å². The molecule has 1 N–H and O–H groups in total. The van der Waals surface area contributed by atoms with Crippen LogP contribution in [0.2, 0.25) is 10.0 Å². The molecule has 1 aliphatic heterocycles. The molecule has 6 heteroatoms. The van der Waals surface area contributed by atoms with Gasteiger partial charge in [-0.1, -0.05) is 59.6 Å². The van der Waals surface area contributed by atoms with Crippen LogP contribution >= 0.6 is 23.2 Å². The van der Waals surface area contributed by atoms with E-state index in [-0.39, 0.29) is 18.1 Å². The molecule has 4 nitrogen and oxygen atoms in total. The summed E-state index contributed by atoms with van der Waals surface area (Å²) >= 11 is 11.9. The Morgan fingerprint density at radius 2 is 1.78 bits per heavy atom. The van der Waals surface area contributed by atoms with Crippen molar-refractivity contribution in [3.8, 4) is 0 Å². The standard InChI is InChI=1S/C17H12Cl2N2O2/c18-13-7-6-12(14(19)9-13)8-15-16(22)21(17(23)20-15)10-11-4-2-1-3-5-11/h1-9H,10H2,(H,20,23)/b15-8+. The van der Waals surface area contributed by atoms with Gasteiger partial charge in [0.1, 0.15) is 5.70 Å². The van der Waals surface area contributed by atoms with Crippen molar-refractivity contribution in [2.24, 2.45) is 0 Å². The Morgan fingerprint density at radius 3 is 2.48 bits per heavy atom. The molecule has 116 valence electrons. The number of carbonyl (C=O) groups excluding carboxylic acids is 2. The van der Waals surface area contributed by atoms with Gasteiger partial charge in [0.2, 0.25) is 0 Å². The number of nitrogens with zero attached hydrogens (tertiary/aromatic N) is 1. The van der Waals surface area contributed by atoms with Crippen LogP contribution in [0.1, 0.15) is 11.1 Å². The number of hydrogen-bond acceptors (Lipinski definition) is 2. The zero-order chi connectivity index (χ0) is 16.4. The number of nitrogens with one attached hydrogen (secondary N) is 1. The molecule has 0 aliphatic carbocycles. The normalized spacial score (nSPS) is 16.1. The summed E-state index contributed by atoms with van der Waals surface area (Å²) in [6, 6.07) is 13.8. The van der Waals surface area contributed by atoms with Crippen molar-refractivity contribution in [2.45, 2.75) is 6.54 Å². The molecule has 23 heavy (non-hydrogen) atoms. The Balaban J connectivity index is 1.84.